The van der Waals surface area contributed by atoms with Crippen LogP contribution in [0.5, 0.6) is 0 Å². The Hall–Kier alpha value is -3.24. The highest BCUT2D eigenvalue weighted by molar-refractivity contribution is 5.92. The number of amides is 1. The van der Waals surface area contributed by atoms with Gasteiger partial charge in [0.1, 0.15) is 12.0 Å². The van der Waals surface area contributed by atoms with E-state index in [1.165, 1.54) is 18.5 Å². The first-order valence-corrected chi connectivity index (χ1v) is 8.48. The maximum absolute atomic E-state index is 12.7. The Morgan fingerprint density at radius 3 is 2.82 bits per heavy atom. The van der Waals surface area contributed by atoms with Gasteiger partial charge >= 0.3 is 12.1 Å². The average molecular weight is 393 g/mol. The van der Waals surface area contributed by atoms with E-state index < -0.39 is 12.1 Å². The van der Waals surface area contributed by atoms with Gasteiger partial charge in [-0.05, 0) is 30.5 Å². The van der Waals surface area contributed by atoms with Crippen molar-refractivity contribution in [1.82, 2.24) is 25.2 Å². The lowest BCUT2D eigenvalue weighted by Gasteiger charge is -2.32. The van der Waals surface area contributed by atoms with Gasteiger partial charge in [-0.1, -0.05) is 10.3 Å². The van der Waals surface area contributed by atoms with E-state index in [0.29, 0.717) is 13.1 Å². The number of halogens is 3. The summed E-state index contributed by atoms with van der Waals surface area (Å²) in [6.07, 6.45) is -0.288. The van der Waals surface area contributed by atoms with Gasteiger partial charge in [0.15, 0.2) is 5.69 Å². The largest absolute Gasteiger partial charge is 0.471 e. The van der Waals surface area contributed by atoms with Gasteiger partial charge in [0.05, 0.1) is 0 Å². The number of carbonyl (C=O) groups is 1. The molecule has 3 aromatic rings. The molecule has 0 radical (unpaired) electrons. The van der Waals surface area contributed by atoms with Crippen molar-refractivity contribution in [1.29, 1.82) is 0 Å². The molecule has 4 rings (SSSR count). The van der Waals surface area contributed by atoms with Crippen LogP contribution in [0.4, 0.5) is 13.2 Å². The lowest BCUT2D eigenvalue weighted by atomic mass is 9.90. The molecule has 0 unspecified atom stereocenters. The molecule has 146 valence electrons. The number of alkyl halides is 3. The van der Waals surface area contributed by atoms with Crippen molar-refractivity contribution in [3.8, 4) is 11.5 Å². The summed E-state index contributed by atoms with van der Waals surface area (Å²) in [6.45, 7) is 1.05. The summed E-state index contributed by atoms with van der Waals surface area (Å²) < 4.78 is 47.0. The summed E-state index contributed by atoms with van der Waals surface area (Å²) in [5.74, 6) is -1.88. The molecule has 1 atom stereocenters. The highest BCUT2D eigenvalue weighted by Gasteiger charge is 2.38. The predicted octanol–water partition coefficient (Wildman–Crippen LogP) is 3.16. The van der Waals surface area contributed by atoms with Gasteiger partial charge < -0.3 is 13.9 Å². The Kier molecular flexibility index (Phi) is 4.57. The van der Waals surface area contributed by atoms with E-state index in [9.17, 15) is 18.0 Å². The molecule has 1 aliphatic rings. The maximum Gasteiger partial charge on any atom is 0.471 e. The zero-order chi connectivity index (χ0) is 19.7. The molecular formula is C17H14F3N5O3. The number of likely N-dealkylation sites (tertiary alicyclic amines) is 1. The van der Waals surface area contributed by atoms with Crippen LogP contribution in [0.3, 0.4) is 0 Å². The van der Waals surface area contributed by atoms with Crippen molar-refractivity contribution >= 4 is 5.91 Å². The molecule has 4 heterocycles. The quantitative estimate of drug-likeness (QED) is 0.674. The summed E-state index contributed by atoms with van der Waals surface area (Å²) in [5.41, 5.74) is 1.25. The Bertz CT molecular complexity index is 971. The smallest absolute Gasteiger partial charge is 0.364 e. The van der Waals surface area contributed by atoms with Crippen molar-refractivity contribution in [2.45, 2.75) is 24.9 Å². The fourth-order valence-corrected chi connectivity index (χ4v) is 3.18. The third kappa shape index (κ3) is 3.59. The van der Waals surface area contributed by atoms with Crippen molar-refractivity contribution in [2.24, 2.45) is 0 Å². The highest BCUT2D eigenvalue weighted by atomic mass is 19.4. The standard InChI is InChI=1S/C17H14F3N5O3/c18-17(19,20)16-22-14(24-28-16)13-8-10(3-5-21-13)11-2-1-6-25(9-11)15(26)12-4-7-27-23-12/h3-5,7-8,11H,1-2,6,9H2/t11-/m0/s1. The summed E-state index contributed by atoms with van der Waals surface area (Å²) >= 11 is 0. The van der Waals surface area contributed by atoms with E-state index in [1.54, 1.807) is 17.0 Å². The molecule has 0 N–H and O–H groups in total. The van der Waals surface area contributed by atoms with Gasteiger partial charge in [-0.2, -0.15) is 18.2 Å². The number of aromatic nitrogens is 4. The van der Waals surface area contributed by atoms with Crippen LogP contribution in [0, 0.1) is 0 Å². The second-order valence-electron chi connectivity index (χ2n) is 6.37. The predicted molar refractivity (Wildman–Crippen MR) is 86.9 cm³/mol. The normalized spacial score (nSPS) is 17.7. The van der Waals surface area contributed by atoms with Gasteiger partial charge in [-0.15, -0.1) is 0 Å². The van der Waals surface area contributed by atoms with Crippen LogP contribution in [0.15, 0.2) is 39.7 Å². The van der Waals surface area contributed by atoms with Crippen LogP contribution in [0.2, 0.25) is 0 Å². The fraction of sp³-hybridized carbons (Fsp3) is 0.353. The van der Waals surface area contributed by atoms with Gasteiger partial charge in [0.2, 0.25) is 5.82 Å². The Morgan fingerprint density at radius 1 is 1.25 bits per heavy atom. The molecule has 0 spiro atoms. The van der Waals surface area contributed by atoms with Crippen LogP contribution in [0.25, 0.3) is 11.5 Å². The number of nitrogens with zero attached hydrogens (tertiary/aromatic N) is 5. The minimum absolute atomic E-state index is 0.000313. The molecule has 0 bridgehead atoms. The lowest BCUT2D eigenvalue weighted by molar-refractivity contribution is -0.159. The molecule has 1 aliphatic heterocycles. The number of carbonyl (C=O) groups excluding carboxylic acids is 1. The Morgan fingerprint density at radius 2 is 2.11 bits per heavy atom. The van der Waals surface area contributed by atoms with E-state index in [1.807, 2.05) is 0 Å². The van der Waals surface area contributed by atoms with Crippen LogP contribution >= 0.6 is 0 Å². The van der Waals surface area contributed by atoms with Crippen molar-refractivity contribution < 1.29 is 27.0 Å². The molecule has 3 aromatic heterocycles. The number of rotatable bonds is 3. The van der Waals surface area contributed by atoms with Crippen molar-refractivity contribution in [3.05, 3.63) is 47.8 Å². The van der Waals surface area contributed by atoms with E-state index >= 15 is 0 Å². The Labute approximate surface area is 156 Å². The molecule has 1 amide bonds. The molecule has 11 heteroatoms. The third-order valence-corrected chi connectivity index (χ3v) is 4.52. The number of piperidine rings is 1. The summed E-state index contributed by atoms with van der Waals surface area (Å²) in [4.78, 5) is 21.6. The van der Waals surface area contributed by atoms with Gasteiger partial charge in [0.25, 0.3) is 5.91 Å². The lowest BCUT2D eigenvalue weighted by Crippen LogP contribution is -2.39. The molecule has 0 saturated carbocycles. The van der Waals surface area contributed by atoms with Crippen molar-refractivity contribution in [2.75, 3.05) is 13.1 Å². The zero-order valence-corrected chi connectivity index (χ0v) is 14.4. The molecule has 0 aliphatic carbocycles. The minimum atomic E-state index is -4.71. The number of pyridine rings is 1. The first-order valence-electron chi connectivity index (χ1n) is 8.48. The van der Waals surface area contributed by atoms with Gasteiger partial charge in [-0.25, -0.2) is 0 Å². The summed E-state index contributed by atoms with van der Waals surface area (Å²) in [7, 11) is 0. The summed E-state index contributed by atoms with van der Waals surface area (Å²) in [5, 5.41) is 7.03. The number of hydrogen-bond donors (Lipinski definition) is 0. The van der Waals surface area contributed by atoms with E-state index in [2.05, 4.69) is 24.8 Å². The molecule has 1 saturated heterocycles. The molecule has 28 heavy (non-hydrogen) atoms. The minimum Gasteiger partial charge on any atom is -0.364 e. The highest BCUT2D eigenvalue weighted by Crippen LogP contribution is 2.31. The topological polar surface area (TPSA) is 98.2 Å². The SMILES string of the molecule is O=C(c1ccon1)N1CCC[C@H](c2ccnc(-c3noc(C(F)(F)F)n3)c2)C1. The third-order valence-electron chi connectivity index (χ3n) is 4.52. The second kappa shape index (κ2) is 7.06. The fourth-order valence-electron chi connectivity index (χ4n) is 3.18. The molecule has 1 fully saturated rings. The maximum atomic E-state index is 12.7. The second-order valence-corrected chi connectivity index (χ2v) is 6.37. The van der Waals surface area contributed by atoms with Crippen LogP contribution in [-0.4, -0.2) is 44.2 Å². The van der Waals surface area contributed by atoms with Gasteiger partial charge in [-0.3, -0.25) is 9.78 Å². The molecule has 0 aromatic carbocycles. The Balaban J connectivity index is 1.54. The van der Waals surface area contributed by atoms with E-state index in [4.69, 9.17) is 4.52 Å². The first-order chi connectivity index (χ1) is 13.4. The monoisotopic (exact) mass is 393 g/mol. The number of hydrogen-bond acceptors (Lipinski definition) is 7. The van der Waals surface area contributed by atoms with Crippen LogP contribution in [0.1, 0.15) is 40.7 Å². The molecule has 8 nitrogen and oxygen atoms in total. The summed E-state index contributed by atoms with van der Waals surface area (Å²) in [6, 6.07) is 4.90. The van der Waals surface area contributed by atoms with Crippen molar-refractivity contribution in [3.63, 3.8) is 0 Å². The van der Waals surface area contributed by atoms with Gasteiger partial charge in [0, 0.05) is 31.3 Å². The van der Waals surface area contributed by atoms with Crippen LogP contribution < -0.4 is 0 Å². The van der Waals surface area contributed by atoms with E-state index in [0.717, 1.165) is 18.4 Å². The van der Waals surface area contributed by atoms with Crippen LogP contribution in [-0.2, 0) is 6.18 Å². The first kappa shape index (κ1) is 18.1. The molecular weight excluding hydrogens is 379 g/mol. The average Bonchev–Trinajstić information content (AvgIpc) is 3.39. The zero-order valence-electron chi connectivity index (χ0n) is 14.4. The van der Waals surface area contributed by atoms with E-state index in [-0.39, 0.29) is 29.0 Å².